The monoisotopic (exact) mass is 326 g/mol. The molecule has 1 amide bonds. The van der Waals surface area contributed by atoms with Gasteiger partial charge in [-0.15, -0.1) is 0 Å². The number of hydrogen-bond donors (Lipinski definition) is 0. The van der Waals surface area contributed by atoms with Crippen LogP contribution < -0.4 is 0 Å². The molecule has 1 aromatic carbocycles. The van der Waals surface area contributed by atoms with Gasteiger partial charge in [0.2, 0.25) is 5.91 Å². The zero-order chi connectivity index (χ0) is 13.8. The van der Waals surface area contributed by atoms with Gasteiger partial charge in [-0.2, -0.15) is 5.26 Å². The molecule has 0 unspecified atom stereocenters. The van der Waals surface area contributed by atoms with Gasteiger partial charge >= 0.3 is 0 Å². The molecule has 1 fully saturated rings. The number of hydrogen-bond acceptors (Lipinski definition) is 3. The number of halogens is 2. The molecule has 100 valence electrons. The SMILES string of the molecule is N#C[C@H]1COCCN1C(=O)Cc1cc(Br)ccc1F. The number of benzene rings is 1. The molecule has 1 saturated heterocycles. The second-order valence-electron chi connectivity index (χ2n) is 4.22. The Morgan fingerprint density at radius 1 is 1.63 bits per heavy atom. The predicted octanol–water partition coefficient (Wildman–Crippen LogP) is 1.88. The summed E-state index contributed by atoms with van der Waals surface area (Å²) in [6.45, 7) is 0.987. The van der Waals surface area contributed by atoms with Crippen LogP contribution in [-0.2, 0) is 16.0 Å². The van der Waals surface area contributed by atoms with Crippen LogP contribution in [0.4, 0.5) is 4.39 Å². The van der Waals surface area contributed by atoms with E-state index in [9.17, 15) is 9.18 Å². The van der Waals surface area contributed by atoms with Crippen molar-refractivity contribution in [3.8, 4) is 6.07 Å². The highest BCUT2D eigenvalue weighted by Crippen LogP contribution is 2.17. The summed E-state index contributed by atoms with van der Waals surface area (Å²) in [5.74, 6) is -0.676. The maximum absolute atomic E-state index is 13.6. The van der Waals surface area contributed by atoms with Crippen molar-refractivity contribution in [1.29, 1.82) is 5.26 Å². The van der Waals surface area contributed by atoms with Gasteiger partial charge in [0.05, 0.1) is 25.7 Å². The molecule has 4 nitrogen and oxygen atoms in total. The molecule has 6 heteroatoms. The Morgan fingerprint density at radius 3 is 3.16 bits per heavy atom. The molecule has 1 aliphatic heterocycles. The number of carbonyl (C=O) groups is 1. The molecule has 0 aromatic heterocycles. The lowest BCUT2D eigenvalue weighted by Crippen LogP contribution is -2.48. The quantitative estimate of drug-likeness (QED) is 0.833. The van der Waals surface area contributed by atoms with Crippen LogP contribution in [0, 0.1) is 17.1 Å². The summed E-state index contributed by atoms with van der Waals surface area (Å²) in [5.41, 5.74) is 0.322. The summed E-state index contributed by atoms with van der Waals surface area (Å²) in [6, 6.07) is 5.91. The number of amides is 1. The summed E-state index contributed by atoms with van der Waals surface area (Å²) in [7, 11) is 0. The van der Waals surface area contributed by atoms with Gasteiger partial charge in [0.15, 0.2) is 0 Å². The van der Waals surface area contributed by atoms with E-state index in [1.165, 1.54) is 11.0 Å². The number of ether oxygens (including phenoxy) is 1. The van der Waals surface area contributed by atoms with Gasteiger partial charge in [-0.05, 0) is 23.8 Å². The van der Waals surface area contributed by atoms with Crippen molar-refractivity contribution in [2.45, 2.75) is 12.5 Å². The third-order valence-electron chi connectivity index (χ3n) is 2.95. The zero-order valence-electron chi connectivity index (χ0n) is 10.1. The highest BCUT2D eigenvalue weighted by molar-refractivity contribution is 9.10. The lowest BCUT2D eigenvalue weighted by Gasteiger charge is -2.31. The Hall–Kier alpha value is -1.45. The Bertz CT molecular complexity index is 530. The van der Waals surface area contributed by atoms with Crippen LogP contribution in [0.2, 0.25) is 0 Å². The first-order chi connectivity index (χ1) is 9.11. The number of nitrogens with zero attached hydrogens (tertiary/aromatic N) is 2. The fourth-order valence-electron chi connectivity index (χ4n) is 1.95. The fourth-order valence-corrected chi connectivity index (χ4v) is 2.36. The van der Waals surface area contributed by atoms with E-state index in [1.807, 2.05) is 6.07 Å². The summed E-state index contributed by atoms with van der Waals surface area (Å²) < 4.78 is 19.5. The molecule has 1 heterocycles. The fraction of sp³-hybridized carbons (Fsp3) is 0.385. The topological polar surface area (TPSA) is 53.3 Å². The smallest absolute Gasteiger partial charge is 0.228 e. The van der Waals surface area contributed by atoms with Crippen LogP contribution in [0.1, 0.15) is 5.56 Å². The van der Waals surface area contributed by atoms with Crippen molar-refractivity contribution >= 4 is 21.8 Å². The minimum Gasteiger partial charge on any atom is -0.376 e. The standard InChI is InChI=1S/C13H12BrFN2O2/c14-10-1-2-12(15)9(5-10)6-13(18)17-3-4-19-8-11(17)7-16/h1-2,5,11H,3-4,6,8H2/t11-/m0/s1. The molecule has 0 spiro atoms. The van der Waals surface area contributed by atoms with Gasteiger partial charge in [-0.25, -0.2) is 4.39 Å². The number of carbonyl (C=O) groups excluding carboxylic acids is 1. The number of nitriles is 1. The highest BCUT2D eigenvalue weighted by Gasteiger charge is 2.27. The average molecular weight is 327 g/mol. The first-order valence-corrected chi connectivity index (χ1v) is 6.62. The molecular weight excluding hydrogens is 315 g/mol. The normalized spacial score (nSPS) is 19.0. The molecular formula is C13H12BrFN2O2. The predicted molar refractivity (Wildman–Crippen MR) is 69.7 cm³/mol. The lowest BCUT2D eigenvalue weighted by atomic mass is 10.1. The van der Waals surface area contributed by atoms with Crippen LogP contribution in [0.5, 0.6) is 0 Å². The molecule has 1 atom stereocenters. The van der Waals surface area contributed by atoms with Gasteiger partial charge < -0.3 is 9.64 Å². The van der Waals surface area contributed by atoms with E-state index in [0.717, 1.165) is 4.47 Å². The van der Waals surface area contributed by atoms with Gasteiger partial charge in [0.1, 0.15) is 11.9 Å². The van der Waals surface area contributed by atoms with Crippen LogP contribution in [-0.4, -0.2) is 36.6 Å². The Labute approximate surface area is 118 Å². The maximum Gasteiger partial charge on any atom is 0.228 e. The Kier molecular flexibility index (Phi) is 4.51. The van der Waals surface area contributed by atoms with Crippen molar-refractivity contribution in [3.05, 3.63) is 34.1 Å². The van der Waals surface area contributed by atoms with Gasteiger partial charge in [-0.3, -0.25) is 4.79 Å². The van der Waals surface area contributed by atoms with E-state index in [4.69, 9.17) is 10.00 Å². The second kappa shape index (κ2) is 6.13. The van der Waals surface area contributed by atoms with Crippen LogP contribution in [0.15, 0.2) is 22.7 Å². The molecule has 0 bridgehead atoms. The van der Waals surface area contributed by atoms with Crippen molar-refractivity contribution in [3.63, 3.8) is 0 Å². The van der Waals surface area contributed by atoms with E-state index in [-0.39, 0.29) is 18.9 Å². The Balaban J connectivity index is 2.12. The number of rotatable bonds is 2. The third-order valence-corrected chi connectivity index (χ3v) is 3.44. The summed E-state index contributed by atoms with van der Waals surface area (Å²) in [4.78, 5) is 13.6. The molecule has 0 saturated carbocycles. The van der Waals surface area contributed by atoms with Gasteiger partial charge in [0, 0.05) is 11.0 Å². The second-order valence-corrected chi connectivity index (χ2v) is 5.14. The minimum atomic E-state index is -0.587. The first kappa shape index (κ1) is 14.0. The van der Waals surface area contributed by atoms with E-state index in [2.05, 4.69) is 15.9 Å². The lowest BCUT2D eigenvalue weighted by molar-refractivity contribution is -0.137. The summed E-state index contributed by atoms with van der Waals surface area (Å²) in [6.07, 6.45) is -0.0521. The highest BCUT2D eigenvalue weighted by atomic mass is 79.9. The number of morpholine rings is 1. The molecule has 1 aliphatic rings. The van der Waals surface area contributed by atoms with E-state index in [1.54, 1.807) is 12.1 Å². The van der Waals surface area contributed by atoms with Crippen molar-refractivity contribution < 1.29 is 13.9 Å². The maximum atomic E-state index is 13.6. The summed E-state index contributed by atoms with van der Waals surface area (Å²) >= 11 is 3.24. The Morgan fingerprint density at radius 2 is 2.42 bits per heavy atom. The summed E-state index contributed by atoms with van der Waals surface area (Å²) in [5, 5.41) is 8.97. The molecule has 0 N–H and O–H groups in total. The van der Waals surface area contributed by atoms with E-state index >= 15 is 0 Å². The van der Waals surface area contributed by atoms with Crippen LogP contribution in [0.25, 0.3) is 0 Å². The largest absolute Gasteiger partial charge is 0.376 e. The minimum absolute atomic E-state index is 0.0521. The van der Waals surface area contributed by atoms with E-state index < -0.39 is 11.9 Å². The van der Waals surface area contributed by atoms with Gasteiger partial charge in [-0.1, -0.05) is 15.9 Å². The first-order valence-electron chi connectivity index (χ1n) is 5.82. The average Bonchev–Trinajstić information content (AvgIpc) is 2.42. The molecule has 19 heavy (non-hydrogen) atoms. The van der Waals surface area contributed by atoms with Crippen molar-refractivity contribution in [1.82, 2.24) is 4.90 Å². The van der Waals surface area contributed by atoms with Crippen LogP contribution in [0.3, 0.4) is 0 Å². The third kappa shape index (κ3) is 3.31. The van der Waals surface area contributed by atoms with Gasteiger partial charge in [0.25, 0.3) is 0 Å². The molecule has 0 radical (unpaired) electrons. The zero-order valence-corrected chi connectivity index (χ0v) is 11.7. The van der Waals surface area contributed by atoms with Crippen molar-refractivity contribution in [2.75, 3.05) is 19.8 Å². The molecule has 1 aromatic rings. The van der Waals surface area contributed by atoms with Crippen LogP contribution >= 0.6 is 15.9 Å². The van der Waals surface area contributed by atoms with Crippen molar-refractivity contribution in [2.24, 2.45) is 0 Å². The molecule has 2 rings (SSSR count). The van der Waals surface area contributed by atoms with E-state index in [0.29, 0.717) is 18.7 Å². The molecule has 0 aliphatic carbocycles.